The molecular weight excluding hydrogens is 416 g/mol. The summed E-state index contributed by atoms with van der Waals surface area (Å²) in [7, 11) is 0. The number of hydrogen-bond acceptors (Lipinski definition) is 8. The Bertz CT molecular complexity index is 714. The maximum Gasteiger partial charge on any atom is 0.317 e. The van der Waals surface area contributed by atoms with E-state index in [1.165, 1.54) is 9.80 Å². The zero-order valence-corrected chi connectivity index (χ0v) is 17.2. The molecule has 0 heterocycles. The van der Waals surface area contributed by atoms with Crippen molar-refractivity contribution in [3.8, 4) is 0 Å². The lowest BCUT2D eigenvalue weighted by Crippen LogP contribution is -2.43. The molecule has 0 atom stereocenters. The van der Waals surface area contributed by atoms with Crippen molar-refractivity contribution in [3.63, 3.8) is 0 Å². The first kappa shape index (κ1) is 25.4. The fourth-order valence-electron chi connectivity index (χ4n) is 2.55. The first-order chi connectivity index (χ1) is 14.2. The summed E-state index contributed by atoms with van der Waals surface area (Å²) in [5, 5.41) is 32.3. The van der Waals surface area contributed by atoms with Gasteiger partial charge in [0.1, 0.15) is 0 Å². The lowest BCUT2D eigenvalue weighted by molar-refractivity contribution is -0.142. The molecule has 0 spiro atoms. The fourth-order valence-corrected chi connectivity index (χ4v) is 2.70. The molecule has 11 nitrogen and oxygen atoms in total. The van der Waals surface area contributed by atoms with E-state index in [4.69, 9.17) is 15.3 Å². The van der Waals surface area contributed by atoms with Crippen molar-refractivity contribution < 1.29 is 34.5 Å². The number of rotatable bonds is 15. The number of carbonyl (C=O) groups is 4. The molecule has 5 N–H and O–H groups in total. The second-order valence-electron chi connectivity index (χ2n) is 6.45. The van der Waals surface area contributed by atoms with Crippen LogP contribution in [0.4, 0.5) is 5.69 Å². The summed E-state index contributed by atoms with van der Waals surface area (Å²) >= 11 is 4.16. The monoisotopic (exact) mass is 442 g/mol. The zero-order chi connectivity index (χ0) is 22.5. The van der Waals surface area contributed by atoms with E-state index >= 15 is 0 Å². The normalized spacial score (nSPS) is 10.9. The van der Waals surface area contributed by atoms with Crippen molar-refractivity contribution >= 4 is 42.1 Å². The highest BCUT2D eigenvalue weighted by atomic mass is 32.1. The Labute approximate surface area is 179 Å². The maximum absolute atomic E-state index is 12.2. The van der Waals surface area contributed by atoms with Crippen LogP contribution in [0.2, 0.25) is 0 Å². The molecule has 0 radical (unpaired) electrons. The van der Waals surface area contributed by atoms with Crippen molar-refractivity contribution in [1.29, 1.82) is 0 Å². The Kier molecular flexibility index (Phi) is 11.4. The zero-order valence-electron chi connectivity index (χ0n) is 16.3. The first-order valence-electron chi connectivity index (χ1n) is 9.05. The van der Waals surface area contributed by atoms with Crippen molar-refractivity contribution in [2.75, 3.05) is 57.7 Å². The molecule has 1 aromatic carbocycles. The highest BCUT2D eigenvalue weighted by molar-refractivity contribution is 7.80. The Morgan fingerprint density at radius 2 is 1.20 bits per heavy atom. The second-order valence-corrected chi connectivity index (χ2v) is 6.96. The lowest BCUT2D eigenvalue weighted by Gasteiger charge is -2.21. The summed E-state index contributed by atoms with van der Waals surface area (Å²) in [5.74, 6) is -3.69. The van der Waals surface area contributed by atoms with Gasteiger partial charge in [-0.1, -0.05) is 0 Å². The van der Waals surface area contributed by atoms with Gasteiger partial charge < -0.3 is 26.0 Å². The van der Waals surface area contributed by atoms with E-state index in [-0.39, 0.29) is 32.1 Å². The molecule has 0 aliphatic carbocycles. The van der Waals surface area contributed by atoms with Gasteiger partial charge in [-0.3, -0.25) is 29.0 Å². The average molecular weight is 442 g/mol. The number of benzene rings is 1. The predicted molar refractivity (Wildman–Crippen MR) is 111 cm³/mol. The number of aliphatic carboxylic acids is 3. The average Bonchev–Trinajstić information content (AvgIpc) is 2.61. The van der Waals surface area contributed by atoms with Crippen molar-refractivity contribution in [2.45, 2.75) is 4.90 Å². The molecule has 1 aromatic rings. The van der Waals surface area contributed by atoms with Crippen LogP contribution in [0.3, 0.4) is 0 Å². The van der Waals surface area contributed by atoms with E-state index in [0.29, 0.717) is 18.8 Å². The highest BCUT2D eigenvalue weighted by Gasteiger charge is 2.15. The Balaban J connectivity index is 2.43. The molecule has 0 aliphatic rings. The number of amides is 1. The molecule has 166 valence electrons. The fraction of sp³-hybridized carbons (Fsp3) is 0.444. The summed E-state index contributed by atoms with van der Waals surface area (Å²) in [6, 6.07) is 6.80. The molecular formula is C18H26N4O7S. The first-order valence-corrected chi connectivity index (χ1v) is 9.50. The van der Waals surface area contributed by atoms with E-state index < -0.39 is 31.0 Å². The smallest absolute Gasteiger partial charge is 0.317 e. The standard InChI is InChI=1S/C18H26N4O7S/c23-15(20-13-1-3-14(30)4-2-13)9-21(10-16(24)25)7-5-19-6-8-22(11-17(26)27)12-18(28)29/h1-4,19,30H,5-12H2,(H,20,23)(H,24,25)(H,26,27)(H,28,29). The molecule has 0 bridgehead atoms. The molecule has 1 amide bonds. The number of nitrogens with one attached hydrogen (secondary N) is 2. The van der Waals surface area contributed by atoms with Crippen molar-refractivity contribution in [2.24, 2.45) is 0 Å². The number of carboxylic acids is 3. The largest absolute Gasteiger partial charge is 0.480 e. The lowest BCUT2D eigenvalue weighted by atomic mass is 10.3. The van der Waals surface area contributed by atoms with E-state index in [2.05, 4.69) is 23.3 Å². The summed E-state index contributed by atoms with van der Waals surface area (Å²) in [5.41, 5.74) is 0.572. The Hall–Kier alpha value is -2.67. The quantitative estimate of drug-likeness (QED) is 0.152. The van der Waals surface area contributed by atoms with Crippen LogP contribution >= 0.6 is 12.6 Å². The van der Waals surface area contributed by atoms with Crippen LogP contribution < -0.4 is 10.6 Å². The molecule has 0 unspecified atom stereocenters. The van der Waals surface area contributed by atoms with Gasteiger partial charge in [0.15, 0.2) is 0 Å². The van der Waals surface area contributed by atoms with Gasteiger partial charge in [0.25, 0.3) is 0 Å². The van der Waals surface area contributed by atoms with Gasteiger partial charge in [-0.15, -0.1) is 12.6 Å². The highest BCUT2D eigenvalue weighted by Crippen LogP contribution is 2.11. The summed E-state index contributed by atoms with van der Waals surface area (Å²) in [6.45, 7) is -0.143. The van der Waals surface area contributed by atoms with E-state index in [9.17, 15) is 19.2 Å². The second kappa shape index (κ2) is 13.5. The van der Waals surface area contributed by atoms with Gasteiger partial charge in [-0.05, 0) is 24.3 Å². The van der Waals surface area contributed by atoms with Crippen LogP contribution in [-0.4, -0.2) is 101 Å². The van der Waals surface area contributed by atoms with Crippen LogP contribution in [0.25, 0.3) is 0 Å². The number of carbonyl (C=O) groups excluding carboxylic acids is 1. The Morgan fingerprint density at radius 1 is 0.767 bits per heavy atom. The minimum absolute atomic E-state index is 0.124. The van der Waals surface area contributed by atoms with Gasteiger partial charge in [0.2, 0.25) is 5.91 Å². The van der Waals surface area contributed by atoms with E-state index in [1.54, 1.807) is 24.3 Å². The minimum atomic E-state index is -1.13. The van der Waals surface area contributed by atoms with Crippen LogP contribution in [0.5, 0.6) is 0 Å². The van der Waals surface area contributed by atoms with Crippen molar-refractivity contribution in [1.82, 2.24) is 15.1 Å². The SMILES string of the molecule is O=C(O)CN(CCNCCN(CC(=O)O)CC(=O)Nc1ccc(S)cc1)CC(=O)O. The number of carboxylic acid groups (broad SMARTS) is 3. The third-order valence-corrected chi connectivity index (χ3v) is 4.10. The van der Waals surface area contributed by atoms with Gasteiger partial charge in [0.05, 0.1) is 26.2 Å². The number of hydrogen-bond donors (Lipinski definition) is 6. The van der Waals surface area contributed by atoms with Crippen molar-refractivity contribution in [3.05, 3.63) is 24.3 Å². The number of thiol groups is 1. The van der Waals surface area contributed by atoms with Gasteiger partial charge in [0, 0.05) is 36.8 Å². The van der Waals surface area contributed by atoms with Crippen LogP contribution in [0.15, 0.2) is 29.2 Å². The van der Waals surface area contributed by atoms with Crippen LogP contribution in [-0.2, 0) is 19.2 Å². The molecule has 1 rings (SSSR count). The van der Waals surface area contributed by atoms with E-state index in [0.717, 1.165) is 4.90 Å². The van der Waals surface area contributed by atoms with Gasteiger partial charge in [-0.25, -0.2) is 0 Å². The summed E-state index contributed by atoms with van der Waals surface area (Å²) < 4.78 is 0. The molecule has 0 aromatic heterocycles. The maximum atomic E-state index is 12.2. The van der Waals surface area contributed by atoms with Gasteiger partial charge >= 0.3 is 17.9 Å². The summed E-state index contributed by atoms with van der Waals surface area (Å²) in [6.07, 6.45) is 0. The Morgan fingerprint density at radius 3 is 1.63 bits per heavy atom. The topological polar surface area (TPSA) is 160 Å². The molecule has 0 aliphatic heterocycles. The van der Waals surface area contributed by atoms with Crippen LogP contribution in [0.1, 0.15) is 0 Å². The van der Waals surface area contributed by atoms with E-state index in [1.807, 2.05) is 0 Å². The molecule has 30 heavy (non-hydrogen) atoms. The minimum Gasteiger partial charge on any atom is -0.480 e. The number of nitrogens with zero attached hydrogens (tertiary/aromatic N) is 2. The molecule has 0 saturated carbocycles. The molecule has 0 fully saturated rings. The van der Waals surface area contributed by atoms with Crippen LogP contribution in [0, 0.1) is 0 Å². The number of anilines is 1. The molecule has 0 saturated heterocycles. The predicted octanol–water partition coefficient (Wildman–Crippen LogP) is -0.639. The van der Waals surface area contributed by atoms with Gasteiger partial charge in [-0.2, -0.15) is 0 Å². The molecule has 12 heteroatoms. The third kappa shape index (κ3) is 12.0. The summed E-state index contributed by atoms with van der Waals surface area (Å²) in [4.78, 5) is 48.2. The third-order valence-electron chi connectivity index (χ3n) is 3.80.